The average Bonchev–Trinajstić information content (AvgIpc) is 2.83. The third-order valence-electron chi connectivity index (χ3n) is 2.10. The summed E-state index contributed by atoms with van der Waals surface area (Å²) in [5.41, 5.74) is 0.946. The lowest BCUT2D eigenvalue weighted by Gasteiger charge is -1.90. The molecule has 0 saturated heterocycles. The van der Waals surface area contributed by atoms with Crippen molar-refractivity contribution in [3.05, 3.63) is 39.0 Å². The van der Waals surface area contributed by atoms with Gasteiger partial charge in [-0.15, -0.1) is 11.3 Å². The standard InChI is InChI=1S/C10H5Br2N3S/c11-6-3-13-10-14-7(5-15(10)4-6)8-1-2-9(12)16-8/h1-5H. The number of aromatic nitrogens is 3. The fourth-order valence-corrected chi connectivity index (χ4v) is 3.09. The van der Waals surface area contributed by atoms with E-state index in [2.05, 4.69) is 41.8 Å². The van der Waals surface area contributed by atoms with Crippen LogP contribution in [0.5, 0.6) is 0 Å². The van der Waals surface area contributed by atoms with Gasteiger partial charge < -0.3 is 0 Å². The van der Waals surface area contributed by atoms with Gasteiger partial charge in [-0.1, -0.05) is 0 Å². The van der Waals surface area contributed by atoms with Crippen LogP contribution in [0.2, 0.25) is 0 Å². The first-order valence-electron chi connectivity index (χ1n) is 4.48. The number of nitrogens with zero attached hydrogens (tertiary/aromatic N) is 3. The Kier molecular flexibility index (Phi) is 2.57. The first kappa shape index (κ1) is 10.4. The Morgan fingerprint density at radius 3 is 2.81 bits per heavy atom. The summed E-state index contributed by atoms with van der Waals surface area (Å²) in [5, 5.41) is 0. The van der Waals surface area contributed by atoms with Crippen LogP contribution in [0.1, 0.15) is 0 Å². The smallest absolute Gasteiger partial charge is 0.234 e. The zero-order valence-electron chi connectivity index (χ0n) is 7.89. The van der Waals surface area contributed by atoms with E-state index in [4.69, 9.17) is 0 Å². The molecule has 0 aliphatic carbocycles. The summed E-state index contributed by atoms with van der Waals surface area (Å²) in [5.74, 6) is 0.711. The van der Waals surface area contributed by atoms with Crippen molar-refractivity contribution in [2.24, 2.45) is 0 Å². The Hall–Kier alpha value is -0.720. The average molecular weight is 359 g/mol. The Labute approximate surface area is 112 Å². The van der Waals surface area contributed by atoms with E-state index in [1.54, 1.807) is 17.5 Å². The number of halogens is 2. The van der Waals surface area contributed by atoms with Gasteiger partial charge in [-0.25, -0.2) is 9.97 Å². The maximum atomic E-state index is 4.46. The monoisotopic (exact) mass is 357 g/mol. The van der Waals surface area contributed by atoms with Crippen molar-refractivity contribution in [2.45, 2.75) is 0 Å². The highest BCUT2D eigenvalue weighted by atomic mass is 79.9. The van der Waals surface area contributed by atoms with E-state index in [0.29, 0.717) is 5.78 Å². The maximum absolute atomic E-state index is 4.46. The molecule has 0 atom stereocenters. The number of thiophene rings is 1. The molecule has 0 N–H and O–H groups in total. The molecule has 3 rings (SSSR count). The molecule has 3 aromatic heterocycles. The van der Waals surface area contributed by atoms with E-state index in [-0.39, 0.29) is 0 Å². The predicted molar refractivity (Wildman–Crippen MR) is 71.7 cm³/mol. The quantitative estimate of drug-likeness (QED) is 0.658. The lowest BCUT2D eigenvalue weighted by atomic mass is 10.4. The van der Waals surface area contributed by atoms with Crippen molar-refractivity contribution in [3.63, 3.8) is 0 Å². The number of fused-ring (bicyclic) bond motifs is 1. The van der Waals surface area contributed by atoms with Crippen LogP contribution in [0.3, 0.4) is 0 Å². The molecule has 0 aromatic carbocycles. The molecule has 0 aliphatic rings. The van der Waals surface area contributed by atoms with Crippen LogP contribution < -0.4 is 0 Å². The van der Waals surface area contributed by atoms with Crippen LogP contribution >= 0.6 is 43.2 Å². The minimum Gasteiger partial charge on any atom is -0.289 e. The van der Waals surface area contributed by atoms with Crippen molar-refractivity contribution in [2.75, 3.05) is 0 Å². The molecule has 0 amide bonds. The normalized spacial score (nSPS) is 11.1. The van der Waals surface area contributed by atoms with E-state index >= 15 is 0 Å². The molecule has 0 unspecified atom stereocenters. The highest BCUT2D eigenvalue weighted by molar-refractivity contribution is 9.11. The SMILES string of the molecule is Brc1cnc2nc(-c3ccc(Br)s3)cn2c1. The molecule has 6 heteroatoms. The van der Waals surface area contributed by atoms with Gasteiger partial charge in [-0.05, 0) is 44.0 Å². The molecular formula is C10H5Br2N3S. The Balaban J connectivity index is 2.18. The largest absolute Gasteiger partial charge is 0.289 e. The molecule has 0 bridgehead atoms. The highest BCUT2D eigenvalue weighted by Gasteiger charge is 2.07. The van der Waals surface area contributed by atoms with Crippen LogP contribution in [-0.2, 0) is 0 Å². The van der Waals surface area contributed by atoms with Gasteiger partial charge in [-0.2, -0.15) is 0 Å². The summed E-state index contributed by atoms with van der Waals surface area (Å²) >= 11 is 8.49. The molecule has 0 aliphatic heterocycles. The van der Waals surface area contributed by atoms with Crippen LogP contribution in [0.4, 0.5) is 0 Å². The maximum Gasteiger partial charge on any atom is 0.234 e. The first-order valence-corrected chi connectivity index (χ1v) is 6.88. The zero-order chi connectivity index (χ0) is 11.1. The van der Waals surface area contributed by atoms with Crippen LogP contribution in [0.15, 0.2) is 39.0 Å². The molecule has 3 aromatic rings. The molecule has 0 saturated carbocycles. The van der Waals surface area contributed by atoms with Gasteiger partial charge in [-0.3, -0.25) is 4.40 Å². The van der Waals surface area contributed by atoms with E-state index < -0.39 is 0 Å². The van der Waals surface area contributed by atoms with Gasteiger partial charge in [0.05, 0.1) is 13.1 Å². The molecule has 16 heavy (non-hydrogen) atoms. The second-order valence-electron chi connectivity index (χ2n) is 3.21. The Morgan fingerprint density at radius 2 is 2.06 bits per heavy atom. The summed E-state index contributed by atoms with van der Waals surface area (Å²) in [6.45, 7) is 0. The predicted octanol–water partition coefficient (Wildman–Crippen LogP) is 3.98. The molecule has 0 spiro atoms. The van der Waals surface area contributed by atoms with Crippen molar-refractivity contribution in [1.82, 2.24) is 14.4 Å². The second kappa shape index (κ2) is 3.94. The third kappa shape index (κ3) is 1.81. The van der Waals surface area contributed by atoms with Gasteiger partial charge in [0, 0.05) is 18.6 Å². The van der Waals surface area contributed by atoms with Crippen LogP contribution in [0.25, 0.3) is 16.3 Å². The molecular weight excluding hydrogens is 354 g/mol. The number of hydrogen-bond acceptors (Lipinski definition) is 3. The first-order chi connectivity index (χ1) is 7.72. The summed E-state index contributed by atoms with van der Waals surface area (Å²) in [7, 11) is 0. The minimum absolute atomic E-state index is 0.711. The Bertz CT molecular complexity index is 659. The summed E-state index contributed by atoms with van der Waals surface area (Å²) in [6, 6.07) is 4.07. The van der Waals surface area contributed by atoms with Crippen LogP contribution in [-0.4, -0.2) is 14.4 Å². The third-order valence-corrected chi connectivity index (χ3v) is 4.16. The van der Waals surface area contributed by atoms with E-state index in [1.807, 2.05) is 28.9 Å². The fourth-order valence-electron chi connectivity index (χ4n) is 1.43. The van der Waals surface area contributed by atoms with E-state index in [0.717, 1.165) is 18.8 Å². The fraction of sp³-hybridized carbons (Fsp3) is 0. The molecule has 3 nitrogen and oxygen atoms in total. The van der Waals surface area contributed by atoms with Crippen molar-refractivity contribution >= 4 is 49.0 Å². The topological polar surface area (TPSA) is 30.2 Å². The van der Waals surface area contributed by atoms with Gasteiger partial charge >= 0.3 is 0 Å². The highest BCUT2D eigenvalue weighted by Crippen LogP contribution is 2.30. The zero-order valence-corrected chi connectivity index (χ0v) is 11.9. The van der Waals surface area contributed by atoms with Gasteiger partial charge in [0.15, 0.2) is 0 Å². The number of rotatable bonds is 1. The molecule has 3 heterocycles. The summed E-state index contributed by atoms with van der Waals surface area (Å²) in [4.78, 5) is 9.82. The van der Waals surface area contributed by atoms with Crippen molar-refractivity contribution in [1.29, 1.82) is 0 Å². The minimum atomic E-state index is 0.711. The summed E-state index contributed by atoms with van der Waals surface area (Å²) < 4.78 is 3.96. The van der Waals surface area contributed by atoms with E-state index in [9.17, 15) is 0 Å². The van der Waals surface area contributed by atoms with Crippen molar-refractivity contribution < 1.29 is 0 Å². The van der Waals surface area contributed by atoms with E-state index in [1.165, 1.54) is 0 Å². The van der Waals surface area contributed by atoms with Gasteiger partial charge in [0.2, 0.25) is 5.78 Å². The van der Waals surface area contributed by atoms with Gasteiger partial charge in [0.25, 0.3) is 0 Å². The lowest BCUT2D eigenvalue weighted by Crippen LogP contribution is -1.85. The second-order valence-corrected chi connectivity index (χ2v) is 6.59. The van der Waals surface area contributed by atoms with Crippen molar-refractivity contribution in [3.8, 4) is 10.6 Å². The molecule has 80 valence electrons. The number of imidazole rings is 1. The Morgan fingerprint density at radius 1 is 1.19 bits per heavy atom. The van der Waals surface area contributed by atoms with Gasteiger partial charge in [0.1, 0.15) is 5.69 Å². The molecule has 0 fully saturated rings. The molecule has 0 radical (unpaired) electrons. The summed E-state index contributed by atoms with van der Waals surface area (Å²) in [6.07, 6.45) is 5.67. The van der Waals surface area contributed by atoms with Crippen LogP contribution in [0, 0.1) is 0 Å². The number of hydrogen-bond donors (Lipinski definition) is 0. The lowest BCUT2D eigenvalue weighted by molar-refractivity contribution is 1.10.